The Hall–Kier alpha value is -0.660. The number of nitrogens with zero attached hydrogens (tertiary/aromatic N) is 2. The van der Waals surface area contributed by atoms with Crippen molar-refractivity contribution in [2.45, 2.75) is 27.7 Å². The van der Waals surface area contributed by atoms with Gasteiger partial charge in [0.25, 0.3) is 0 Å². The third kappa shape index (κ3) is 3.88. The Balaban J connectivity index is 3.84. The second-order valence-electron chi connectivity index (χ2n) is 2.27. The Kier molecular flexibility index (Phi) is 3.93. The molecule has 0 aromatic carbocycles. The van der Waals surface area contributed by atoms with Gasteiger partial charge in [-0.3, -0.25) is 0 Å². The average molecular weight is 126 g/mol. The van der Waals surface area contributed by atoms with Crippen LogP contribution in [0.25, 0.3) is 0 Å². The van der Waals surface area contributed by atoms with Crippen LogP contribution in [0.1, 0.15) is 27.7 Å². The molecule has 52 valence electrons. The molecule has 0 saturated heterocycles. The van der Waals surface area contributed by atoms with Gasteiger partial charge in [0.2, 0.25) is 0 Å². The van der Waals surface area contributed by atoms with E-state index in [1.807, 2.05) is 13.8 Å². The lowest BCUT2D eigenvalue weighted by atomic mass is 10.1. The van der Waals surface area contributed by atoms with Gasteiger partial charge in [0.1, 0.15) is 0 Å². The average Bonchev–Trinajstić information content (AvgIpc) is 1.82. The summed E-state index contributed by atoms with van der Waals surface area (Å²) in [5.41, 5.74) is 1.08. The highest BCUT2D eigenvalue weighted by Crippen LogP contribution is 1.95. The van der Waals surface area contributed by atoms with Crippen LogP contribution in [0, 0.1) is 5.92 Å². The maximum absolute atomic E-state index is 3.93. The van der Waals surface area contributed by atoms with Crippen molar-refractivity contribution >= 4 is 11.9 Å². The Morgan fingerprint density at radius 2 is 2.00 bits per heavy atom. The second kappa shape index (κ2) is 4.24. The van der Waals surface area contributed by atoms with Crippen molar-refractivity contribution in [3.63, 3.8) is 0 Å². The van der Waals surface area contributed by atoms with Gasteiger partial charge < -0.3 is 0 Å². The van der Waals surface area contributed by atoms with Crippen LogP contribution in [-0.2, 0) is 0 Å². The molecule has 0 aliphatic carbocycles. The summed E-state index contributed by atoms with van der Waals surface area (Å²) >= 11 is 0. The van der Waals surface area contributed by atoms with Gasteiger partial charge in [0.15, 0.2) is 0 Å². The molecule has 9 heavy (non-hydrogen) atoms. The van der Waals surface area contributed by atoms with Gasteiger partial charge in [-0.05, 0) is 19.8 Å². The molecule has 0 N–H and O–H groups in total. The first-order valence-corrected chi connectivity index (χ1v) is 3.20. The predicted molar refractivity (Wildman–Crippen MR) is 42.1 cm³/mol. The minimum absolute atomic E-state index is 0.508. The van der Waals surface area contributed by atoms with Gasteiger partial charge in [-0.15, -0.1) is 0 Å². The van der Waals surface area contributed by atoms with E-state index < -0.39 is 0 Å². The maximum atomic E-state index is 3.93. The molecule has 0 aromatic rings. The minimum Gasteiger partial charge on any atom is -0.164 e. The third-order valence-electron chi connectivity index (χ3n) is 1.17. The van der Waals surface area contributed by atoms with Crippen molar-refractivity contribution in [1.82, 2.24) is 0 Å². The molecule has 0 aliphatic rings. The van der Waals surface area contributed by atoms with Crippen molar-refractivity contribution in [2.75, 3.05) is 0 Å². The Labute approximate surface area is 56.7 Å². The lowest BCUT2D eigenvalue weighted by molar-refractivity contribution is 0.870. The molecule has 2 nitrogen and oxygen atoms in total. The highest BCUT2D eigenvalue weighted by atomic mass is 15.2. The zero-order chi connectivity index (χ0) is 7.28. The van der Waals surface area contributed by atoms with E-state index in [0.29, 0.717) is 5.92 Å². The summed E-state index contributed by atoms with van der Waals surface area (Å²) in [6.45, 7) is 8.04. The monoisotopic (exact) mass is 126 g/mol. The van der Waals surface area contributed by atoms with Crippen molar-refractivity contribution in [1.29, 1.82) is 0 Å². The highest BCUT2D eigenvalue weighted by molar-refractivity contribution is 5.83. The summed E-state index contributed by atoms with van der Waals surface area (Å²) in [6, 6.07) is 0. The van der Waals surface area contributed by atoms with Crippen LogP contribution in [0.2, 0.25) is 0 Å². The molecule has 0 unspecified atom stereocenters. The molecule has 0 fully saturated rings. The molecule has 0 spiro atoms. The standard InChI is InChI=1S/C7H14N2/c1-5-8-9-7(4)6(2)3/h5-6H,1-4H3/b8-5-,9-7+. The third-order valence-corrected chi connectivity index (χ3v) is 1.17. The van der Waals surface area contributed by atoms with Crippen LogP contribution in [0.15, 0.2) is 10.2 Å². The van der Waals surface area contributed by atoms with E-state index in [1.54, 1.807) is 6.21 Å². The predicted octanol–water partition coefficient (Wildman–Crippen LogP) is 2.11. The molecular formula is C7H14N2. The van der Waals surface area contributed by atoms with Crippen LogP contribution < -0.4 is 0 Å². The van der Waals surface area contributed by atoms with E-state index >= 15 is 0 Å². The van der Waals surface area contributed by atoms with Crippen LogP contribution >= 0.6 is 0 Å². The van der Waals surface area contributed by atoms with E-state index in [9.17, 15) is 0 Å². The molecule has 2 heteroatoms. The van der Waals surface area contributed by atoms with E-state index in [0.717, 1.165) is 5.71 Å². The van der Waals surface area contributed by atoms with Crippen molar-refractivity contribution in [3.05, 3.63) is 0 Å². The van der Waals surface area contributed by atoms with Gasteiger partial charge in [-0.25, -0.2) is 0 Å². The van der Waals surface area contributed by atoms with Crippen LogP contribution in [-0.4, -0.2) is 11.9 Å². The summed E-state index contributed by atoms with van der Waals surface area (Å²) in [5, 5.41) is 7.68. The first kappa shape index (κ1) is 8.34. The molecule has 0 heterocycles. The molecule has 0 amide bonds. The van der Waals surface area contributed by atoms with Crippen LogP contribution in [0.3, 0.4) is 0 Å². The van der Waals surface area contributed by atoms with Gasteiger partial charge in [-0.1, -0.05) is 13.8 Å². The maximum Gasteiger partial charge on any atom is 0.0400 e. The zero-order valence-electron chi connectivity index (χ0n) is 6.55. The van der Waals surface area contributed by atoms with Gasteiger partial charge in [0, 0.05) is 11.9 Å². The van der Waals surface area contributed by atoms with Crippen molar-refractivity contribution in [2.24, 2.45) is 16.1 Å². The van der Waals surface area contributed by atoms with Gasteiger partial charge >= 0.3 is 0 Å². The molecular weight excluding hydrogens is 112 g/mol. The SMILES string of the molecule is C/C=N\N=C(/C)C(C)C. The molecule has 0 aliphatic heterocycles. The van der Waals surface area contributed by atoms with Gasteiger partial charge in [0.05, 0.1) is 0 Å². The summed E-state index contributed by atoms with van der Waals surface area (Å²) in [6.07, 6.45) is 1.69. The lowest BCUT2D eigenvalue weighted by Crippen LogP contribution is -2.00. The quantitative estimate of drug-likeness (QED) is 0.400. The van der Waals surface area contributed by atoms with Crippen molar-refractivity contribution < 1.29 is 0 Å². The van der Waals surface area contributed by atoms with Crippen LogP contribution in [0.4, 0.5) is 0 Å². The molecule has 0 rings (SSSR count). The zero-order valence-corrected chi connectivity index (χ0v) is 6.55. The molecule has 0 saturated carbocycles. The normalized spacial score (nSPS) is 13.7. The largest absolute Gasteiger partial charge is 0.164 e. The fraction of sp³-hybridized carbons (Fsp3) is 0.714. The second-order valence-corrected chi connectivity index (χ2v) is 2.27. The van der Waals surface area contributed by atoms with Crippen LogP contribution in [0.5, 0.6) is 0 Å². The molecule has 0 atom stereocenters. The van der Waals surface area contributed by atoms with E-state index in [1.165, 1.54) is 0 Å². The first-order valence-electron chi connectivity index (χ1n) is 3.20. The van der Waals surface area contributed by atoms with Gasteiger partial charge in [-0.2, -0.15) is 10.2 Å². The fourth-order valence-electron chi connectivity index (χ4n) is 0.264. The Morgan fingerprint density at radius 1 is 1.44 bits per heavy atom. The van der Waals surface area contributed by atoms with E-state index in [-0.39, 0.29) is 0 Å². The molecule has 0 aromatic heterocycles. The topological polar surface area (TPSA) is 24.7 Å². The number of hydrogen-bond donors (Lipinski definition) is 0. The summed E-state index contributed by atoms with van der Waals surface area (Å²) in [5.74, 6) is 0.508. The lowest BCUT2D eigenvalue weighted by Gasteiger charge is -1.98. The van der Waals surface area contributed by atoms with E-state index in [4.69, 9.17) is 0 Å². The molecule has 0 radical (unpaired) electrons. The Morgan fingerprint density at radius 3 is 2.33 bits per heavy atom. The van der Waals surface area contributed by atoms with E-state index in [2.05, 4.69) is 24.1 Å². The smallest absolute Gasteiger partial charge is 0.0400 e. The molecule has 0 bridgehead atoms. The summed E-state index contributed by atoms with van der Waals surface area (Å²) in [7, 11) is 0. The summed E-state index contributed by atoms with van der Waals surface area (Å²) in [4.78, 5) is 0. The highest BCUT2D eigenvalue weighted by Gasteiger charge is 1.94. The first-order chi connectivity index (χ1) is 4.18. The minimum atomic E-state index is 0.508. The van der Waals surface area contributed by atoms with Crippen molar-refractivity contribution in [3.8, 4) is 0 Å². The number of hydrogen-bond acceptors (Lipinski definition) is 2. The summed E-state index contributed by atoms with van der Waals surface area (Å²) < 4.78 is 0. The number of rotatable bonds is 2. The fourth-order valence-corrected chi connectivity index (χ4v) is 0.264. The Bertz CT molecular complexity index is 123.